The first-order valence-electron chi connectivity index (χ1n) is 20.3. The second-order valence-corrected chi connectivity index (χ2v) is 16.5. The summed E-state index contributed by atoms with van der Waals surface area (Å²) in [6.45, 7) is 4.46. The topological polar surface area (TPSA) is 8.17 Å². The number of hydrogen-bond acceptors (Lipinski definition) is 2. The van der Waals surface area contributed by atoms with Crippen LogP contribution in [0.1, 0.15) is 11.1 Å². The Labute approximate surface area is 348 Å². The van der Waals surface area contributed by atoms with Gasteiger partial charge in [-0.15, -0.1) is 11.3 Å². The van der Waals surface area contributed by atoms with Crippen molar-refractivity contribution in [3.8, 4) is 39.1 Å². The van der Waals surface area contributed by atoms with Crippen LogP contribution in [-0.2, 0) is 0 Å². The number of nitrogens with zero attached hydrogens (tertiary/aromatic N) is 2. The van der Waals surface area contributed by atoms with Crippen molar-refractivity contribution < 1.29 is 0 Å². The Kier molecular flexibility index (Phi) is 8.49. The minimum Gasteiger partial charge on any atom is -0.310 e. The summed E-state index contributed by atoms with van der Waals surface area (Å²) in [5.74, 6) is 0. The summed E-state index contributed by atoms with van der Waals surface area (Å²) in [7, 11) is 0. The zero-order valence-corrected chi connectivity index (χ0v) is 33.7. The van der Waals surface area contributed by atoms with Gasteiger partial charge in [-0.25, -0.2) is 0 Å². The van der Waals surface area contributed by atoms with Crippen LogP contribution in [-0.4, -0.2) is 4.57 Å². The molecule has 9 aromatic carbocycles. The van der Waals surface area contributed by atoms with Gasteiger partial charge in [0.1, 0.15) is 0 Å². The van der Waals surface area contributed by atoms with E-state index in [1.165, 1.54) is 92.2 Å². The zero-order chi connectivity index (χ0) is 39.5. The molecule has 0 aliphatic heterocycles. The van der Waals surface area contributed by atoms with Gasteiger partial charge in [0.05, 0.1) is 16.7 Å². The lowest BCUT2D eigenvalue weighted by Crippen LogP contribution is -2.11. The van der Waals surface area contributed by atoms with Crippen molar-refractivity contribution in [1.82, 2.24) is 4.57 Å². The van der Waals surface area contributed by atoms with Crippen LogP contribution in [0.15, 0.2) is 206 Å². The van der Waals surface area contributed by atoms with Crippen molar-refractivity contribution in [3.63, 3.8) is 0 Å². The molecule has 2 heterocycles. The van der Waals surface area contributed by atoms with E-state index >= 15 is 0 Å². The molecule has 2 nitrogen and oxygen atoms in total. The molecule has 0 spiro atoms. The molecule has 0 amide bonds. The van der Waals surface area contributed by atoms with Gasteiger partial charge in [-0.05, 0) is 119 Å². The minimum atomic E-state index is 1.13. The van der Waals surface area contributed by atoms with Gasteiger partial charge in [0.15, 0.2) is 0 Å². The Morgan fingerprint density at radius 1 is 0.407 bits per heavy atom. The first-order valence-corrected chi connectivity index (χ1v) is 21.1. The smallest absolute Gasteiger partial charge is 0.0555 e. The summed E-state index contributed by atoms with van der Waals surface area (Å²) in [4.78, 5) is 2.47. The molecule has 0 aliphatic rings. The van der Waals surface area contributed by atoms with E-state index in [-0.39, 0.29) is 0 Å². The number of aryl methyl sites for hydroxylation is 2. The van der Waals surface area contributed by atoms with Gasteiger partial charge in [-0.1, -0.05) is 146 Å². The molecule has 11 aromatic rings. The summed E-state index contributed by atoms with van der Waals surface area (Å²) in [5, 5.41) is 5.08. The molecule has 0 atom stereocenters. The molecule has 0 unspecified atom stereocenters. The van der Waals surface area contributed by atoms with Crippen LogP contribution in [0.2, 0.25) is 0 Å². The van der Waals surface area contributed by atoms with Gasteiger partial charge >= 0.3 is 0 Å². The third-order valence-electron chi connectivity index (χ3n) is 11.9. The van der Waals surface area contributed by atoms with Crippen molar-refractivity contribution in [2.45, 2.75) is 13.8 Å². The Morgan fingerprint density at radius 3 is 1.44 bits per heavy atom. The number of para-hydroxylation sites is 2. The average Bonchev–Trinajstić information content (AvgIpc) is 3.84. The van der Waals surface area contributed by atoms with E-state index in [0.29, 0.717) is 0 Å². The molecule has 0 saturated carbocycles. The third-order valence-corrected chi connectivity index (χ3v) is 13.1. The van der Waals surface area contributed by atoms with Crippen molar-refractivity contribution in [3.05, 3.63) is 217 Å². The highest BCUT2D eigenvalue weighted by atomic mass is 32.1. The Morgan fingerprint density at radius 2 is 0.881 bits per heavy atom. The third kappa shape index (κ3) is 5.93. The van der Waals surface area contributed by atoms with Gasteiger partial charge in [0.25, 0.3) is 0 Å². The van der Waals surface area contributed by atoms with E-state index < -0.39 is 0 Å². The fourth-order valence-electron chi connectivity index (χ4n) is 9.10. The van der Waals surface area contributed by atoms with E-state index in [9.17, 15) is 0 Å². The van der Waals surface area contributed by atoms with Crippen molar-refractivity contribution in [2.24, 2.45) is 0 Å². The quantitative estimate of drug-likeness (QED) is 0.157. The highest BCUT2D eigenvalue weighted by Gasteiger charge is 2.22. The maximum Gasteiger partial charge on any atom is 0.0555 e. The van der Waals surface area contributed by atoms with E-state index in [1.54, 1.807) is 0 Å². The Bertz CT molecular complexity index is 3200. The number of benzene rings is 9. The zero-order valence-electron chi connectivity index (χ0n) is 32.9. The van der Waals surface area contributed by atoms with E-state index in [4.69, 9.17) is 0 Å². The standard InChI is InChI=1S/C56H40N2S/c1-37-35-43(29-31-45(37)39-15-5-3-6-16-39)57(44-30-32-46(38(2)36-44)40-17-7-4-8-18-40)53-34-33-47(56-55(53)50-21-11-14-24-54(50)59-56)41-25-27-42(28-26-41)58-51-22-12-9-19-48(51)49-20-10-13-23-52(49)58/h3-36H,1-2H3. The fraction of sp³-hybridized carbons (Fsp3) is 0.0357. The summed E-state index contributed by atoms with van der Waals surface area (Å²) in [6.07, 6.45) is 0. The lowest BCUT2D eigenvalue weighted by molar-refractivity contribution is 1.18. The van der Waals surface area contributed by atoms with Gasteiger partial charge in [-0.3, -0.25) is 0 Å². The molecule has 280 valence electrons. The van der Waals surface area contributed by atoms with Gasteiger partial charge in [0, 0.05) is 48.0 Å². The van der Waals surface area contributed by atoms with Crippen LogP contribution in [0.5, 0.6) is 0 Å². The van der Waals surface area contributed by atoms with Crippen LogP contribution in [0.4, 0.5) is 17.1 Å². The molecule has 0 saturated heterocycles. The molecular weight excluding hydrogens is 733 g/mol. The largest absolute Gasteiger partial charge is 0.310 e. The molecule has 0 N–H and O–H groups in total. The summed E-state index contributed by atoms with van der Waals surface area (Å²) in [6, 6.07) is 75.4. The Hall–Kier alpha value is -7.20. The maximum absolute atomic E-state index is 2.47. The minimum absolute atomic E-state index is 1.13. The van der Waals surface area contributed by atoms with Crippen LogP contribution < -0.4 is 4.90 Å². The first kappa shape index (κ1) is 35.0. The van der Waals surface area contributed by atoms with Crippen LogP contribution in [0.25, 0.3) is 81.0 Å². The van der Waals surface area contributed by atoms with Gasteiger partial charge < -0.3 is 9.47 Å². The summed E-state index contributed by atoms with van der Waals surface area (Å²) >= 11 is 1.88. The molecule has 3 heteroatoms. The molecule has 0 aliphatic carbocycles. The van der Waals surface area contributed by atoms with Crippen LogP contribution >= 0.6 is 11.3 Å². The molecule has 11 rings (SSSR count). The van der Waals surface area contributed by atoms with E-state index in [2.05, 4.69) is 230 Å². The van der Waals surface area contributed by atoms with Crippen LogP contribution in [0.3, 0.4) is 0 Å². The van der Waals surface area contributed by atoms with E-state index in [1.807, 2.05) is 11.3 Å². The predicted octanol–water partition coefficient (Wildman–Crippen LogP) is 16.2. The molecule has 59 heavy (non-hydrogen) atoms. The number of hydrogen-bond donors (Lipinski definition) is 0. The molecule has 0 fully saturated rings. The number of thiophene rings is 1. The molecule has 0 bridgehead atoms. The molecule has 0 radical (unpaired) electrons. The monoisotopic (exact) mass is 772 g/mol. The predicted molar refractivity (Wildman–Crippen MR) is 254 cm³/mol. The highest BCUT2D eigenvalue weighted by Crippen LogP contribution is 2.49. The maximum atomic E-state index is 2.47. The van der Waals surface area contributed by atoms with E-state index in [0.717, 1.165) is 17.1 Å². The van der Waals surface area contributed by atoms with Crippen molar-refractivity contribution >= 4 is 70.4 Å². The molecule has 2 aromatic heterocycles. The number of fused-ring (bicyclic) bond motifs is 6. The van der Waals surface area contributed by atoms with Crippen LogP contribution in [0, 0.1) is 13.8 Å². The normalized spacial score (nSPS) is 11.6. The number of aromatic nitrogens is 1. The number of anilines is 3. The van der Waals surface area contributed by atoms with Crippen molar-refractivity contribution in [2.75, 3.05) is 4.90 Å². The first-order chi connectivity index (χ1) is 29.1. The summed E-state index contributed by atoms with van der Waals surface area (Å²) in [5.41, 5.74) is 16.9. The fourth-order valence-corrected chi connectivity index (χ4v) is 10.4. The van der Waals surface area contributed by atoms with Gasteiger partial charge in [0.2, 0.25) is 0 Å². The second-order valence-electron chi connectivity index (χ2n) is 15.4. The van der Waals surface area contributed by atoms with Crippen molar-refractivity contribution in [1.29, 1.82) is 0 Å². The summed E-state index contributed by atoms with van der Waals surface area (Å²) < 4.78 is 4.96. The lowest BCUT2D eigenvalue weighted by atomic mass is 9.97. The SMILES string of the molecule is Cc1cc(N(c2ccc(-c3ccccc3)c(C)c2)c2ccc(-c3ccc(-n4c5ccccc5c5ccccc54)cc3)c3sc4ccccc4c23)ccc1-c1ccccc1. The highest BCUT2D eigenvalue weighted by molar-refractivity contribution is 7.26. The van der Waals surface area contributed by atoms with Gasteiger partial charge in [-0.2, -0.15) is 0 Å². The Balaban J connectivity index is 1.09. The number of rotatable bonds is 7. The molecular formula is C56H40N2S. The average molecular weight is 773 g/mol. The lowest BCUT2D eigenvalue weighted by Gasteiger charge is -2.28. The second kappa shape index (κ2) is 14.3.